The van der Waals surface area contributed by atoms with E-state index in [4.69, 9.17) is 9.47 Å². The van der Waals surface area contributed by atoms with Gasteiger partial charge in [0.15, 0.2) is 12.6 Å². The van der Waals surface area contributed by atoms with E-state index in [1.54, 1.807) is 32.4 Å². The second kappa shape index (κ2) is 11.7. The van der Waals surface area contributed by atoms with Crippen molar-refractivity contribution in [1.82, 2.24) is 10.6 Å². The van der Waals surface area contributed by atoms with Crippen molar-refractivity contribution in [3.63, 3.8) is 0 Å². The van der Waals surface area contributed by atoms with Gasteiger partial charge in [0.1, 0.15) is 5.75 Å². The molecule has 1 fully saturated rings. The molecular weight excluding hydrogens is 486 g/mol. The second-order valence-corrected chi connectivity index (χ2v) is 6.89. The SMILES string of the molecule is CN=C(NCc1ccccc1OCC(F)(F)F)NCC1(CCOC)CCC1.I. The first-order valence-corrected chi connectivity index (χ1v) is 9.08. The van der Waals surface area contributed by atoms with E-state index < -0.39 is 12.8 Å². The van der Waals surface area contributed by atoms with E-state index in [2.05, 4.69) is 15.6 Å². The van der Waals surface area contributed by atoms with E-state index in [0.29, 0.717) is 18.1 Å². The fraction of sp³-hybridized carbons (Fsp3) is 0.632. The Bertz CT molecular complexity index is 623. The van der Waals surface area contributed by atoms with Gasteiger partial charge in [0.05, 0.1) is 0 Å². The molecule has 28 heavy (non-hydrogen) atoms. The molecule has 0 aromatic heterocycles. The summed E-state index contributed by atoms with van der Waals surface area (Å²) in [7, 11) is 3.38. The molecule has 0 amide bonds. The minimum absolute atomic E-state index is 0. The van der Waals surface area contributed by atoms with Gasteiger partial charge in [-0.3, -0.25) is 4.99 Å². The van der Waals surface area contributed by atoms with Crippen LogP contribution in [0, 0.1) is 5.41 Å². The Hall–Kier alpha value is -1.23. The fourth-order valence-corrected chi connectivity index (χ4v) is 3.13. The molecule has 5 nitrogen and oxygen atoms in total. The first-order chi connectivity index (χ1) is 12.9. The highest BCUT2D eigenvalue weighted by molar-refractivity contribution is 14.0. The van der Waals surface area contributed by atoms with Crippen molar-refractivity contribution in [2.75, 3.05) is 33.9 Å². The molecule has 2 N–H and O–H groups in total. The number of aliphatic imine (C=N–C) groups is 1. The van der Waals surface area contributed by atoms with Crippen LogP contribution in [0.5, 0.6) is 5.75 Å². The van der Waals surface area contributed by atoms with E-state index >= 15 is 0 Å². The van der Waals surface area contributed by atoms with Crippen LogP contribution in [0.2, 0.25) is 0 Å². The largest absolute Gasteiger partial charge is 0.484 e. The van der Waals surface area contributed by atoms with Gasteiger partial charge >= 0.3 is 6.18 Å². The van der Waals surface area contributed by atoms with Gasteiger partial charge in [-0.25, -0.2) is 0 Å². The van der Waals surface area contributed by atoms with Crippen molar-refractivity contribution >= 4 is 29.9 Å². The predicted octanol–water partition coefficient (Wildman–Crippen LogP) is 4.12. The van der Waals surface area contributed by atoms with Crippen molar-refractivity contribution in [2.45, 2.75) is 38.4 Å². The van der Waals surface area contributed by atoms with Crippen LogP contribution in [-0.4, -0.2) is 46.1 Å². The van der Waals surface area contributed by atoms with E-state index in [1.807, 2.05) is 0 Å². The highest BCUT2D eigenvalue weighted by Gasteiger charge is 2.36. The zero-order chi connectivity index (χ0) is 19.8. The number of guanidine groups is 1. The Balaban J connectivity index is 0.00000392. The molecule has 1 aliphatic carbocycles. The first kappa shape index (κ1) is 24.8. The summed E-state index contributed by atoms with van der Waals surface area (Å²) in [6, 6.07) is 6.69. The van der Waals surface area contributed by atoms with Gasteiger partial charge in [-0.15, -0.1) is 24.0 Å². The van der Waals surface area contributed by atoms with Crippen LogP contribution in [0.3, 0.4) is 0 Å². The molecule has 9 heteroatoms. The number of ether oxygens (including phenoxy) is 2. The standard InChI is InChI=1S/C19H28F3N3O2.HI/c1-23-17(25-13-18(8-5-9-18)10-11-26-2)24-12-15-6-3-4-7-16(15)27-14-19(20,21)22;/h3-4,6-7H,5,8-14H2,1-2H3,(H2,23,24,25);1H. The molecule has 0 heterocycles. The summed E-state index contributed by atoms with van der Waals surface area (Å²) in [4.78, 5) is 4.20. The molecule has 0 unspecified atom stereocenters. The summed E-state index contributed by atoms with van der Waals surface area (Å²) < 4.78 is 47.3. The maximum absolute atomic E-state index is 12.4. The number of methoxy groups -OCH3 is 1. The van der Waals surface area contributed by atoms with Crippen LogP contribution in [0.1, 0.15) is 31.2 Å². The fourth-order valence-electron chi connectivity index (χ4n) is 3.13. The number of hydrogen-bond acceptors (Lipinski definition) is 3. The Morgan fingerprint density at radius 1 is 1.21 bits per heavy atom. The summed E-state index contributed by atoms with van der Waals surface area (Å²) in [5, 5.41) is 6.48. The van der Waals surface area contributed by atoms with Crippen LogP contribution >= 0.6 is 24.0 Å². The molecule has 2 rings (SSSR count). The highest BCUT2D eigenvalue weighted by atomic mass is 127. The van der Waals surface area contributed by atoms with Crippen LogP contribution in [0.25, 0.3) is 0 Å². The van der Waals surface area contributed by atoms with Crippen LogP contribution in [-0.2, 0) is 11.3 Å². The van der Waals surface area contributed by atoms with Crippen molar-refractivity contribution in [3.05, 3.63) is 29.8 Å². The lowest BCUT2D eigenvalue weighted by Crippen LogP contribution is -2.46. The lowest BCUT2D eigenvalue weighted by Gasteiger charge is -2.42. The molecule has 1 aromatic rings. The summed E-state index contributed by atoms with van der Waals surface area (Å²) in [5.41, 5.74) is 0.879. The number of alkyl halides is 3. The summed E-state index contributed by atoms with van der Waals surface area (Å²) in [6.07, 6.45) is 0.184. The van der Waals surface area contributed by atoms with Crippen molar-refractivity contribution in [3.8, 4) is 5.75 Å². The molecule has 0 saturated heterocycles. The number of rotatable bonds is 9. The predicted molar refractivity (Wildman–Crippen MR) is 114 cm³/mol. The minimum atomic E-state index is -4.36. The smallest absolute Gasteiger partial charge is 0.422 e. The molecule has 160 valence electrons. The van der Waals surface area contributed by atoms with E-state index in [9.17, 15) is 13.2 Å². The van der Waals surface area contributed by atoms with Crippen molar-refractivity contribution in [2.24, 2.45) is 10.4 Å². The third-order valence-electron chi connectivity index (χ3n) is 4.92. The maximum atomic E-state index is 12.4. The molecule has 1 saturated carbocycles. The second-order valence-electron chi connectivity index (χ2n) is 6.89. The van der Waals surface area contributed by atoms with Gasteiger partial charge in [0.25, 0.3) is 0 Å². The van der Waals surface area contributed by atoms with Gasteiger partial charge in [0, 0.05) is 39.4 Å². The quantitative estimate of drug-likeness (QED) is 0.295. The zero-order valence-electron chi connectivity index (χ0n) is 16.3. The zero-order valence-corrected chi connectivity index (χ0v) is 18.6. The van der Waals surface area contributed by atoms with Gasteiger partial charge < -0.3 is 20.1 Å². The maximum Gasteiger partial charge on any atom is 0.422 e. The minimum Gasteiger partial charge on any atom is -0.484 e. The van der Waals surface area contributed by atoms with Crippen LogP contribution in [0.15, 0.2) is 29.3 Å². The van der Waals surface area contributed by atoms with Crippen molar-refractivity contribution < 1.29 is 22.6 Å². The number of para-hydroxylation sites is 1. The summed E-state index contributed by atoms with van der Waals surface area (Å²) >= 11 is 0. The van der Waals surface area contributed by atoms with Crippen LogP contribution in [0.4, 0.5) is 13.2 Å². The van der Waals surface area contributed by atoms with Gasteiger partial charge in [-0.2, -0.15) is 13.2 Å². The Morgan fingerprint density at radius 3 is 2.50 bits per heavy atom. The molecule has 0 bridgehead atoms. The normalized spacial score (nSPS) is 16.0. The van der Waals surface area contributed by atoms with Crippen LogP contribution < -0.4 is 15.4 Å². The monoisotopic (exact) mass is 515 g/mol. The molecule has 0 spiro atoms. The number of hydrogen-bond donors (Lipinski definition) is 2. The third kappa shape index (κ3) is 8.02. The van der Waals surface area contributed by atoms with E-state index in [0.717, 1.165) is 32.4 Å². The summed E-state index contributed by atoms with van der Waals surface area (Å²) in [6.45, 7) is 0.539. The topological polar surface area (TPSA) is 54.9 Å². The number of nitrogens with one attached hydrogen (secondary N) is 2. The van der Waals surface area contributed by atoms with Gasteiger partial charge in [-0.1, -0.05) is 24.6 Å². The molecule has 0 aliphatic heterocycles. The number of halogens is 4. The average molecular weight is 515 g/mol. The average Bonchev–Trinajstić information content (AvgIpc) is 2.61. The van der Waals surface area contributed by atoms with Gasteiger partial charge in [-0.05, 0) is 30.7 Å². The molecule has 1 aliphatic rings. The first-order valence-electron chi connectivity index (χ1n) is 9.08. The molecule has 0 radical (unpaired) electrons. The number of benzene rings is 1. The third-order valence-corrected chi connectivity index (χ3v) is 4.92. The van der Waals surface area contributed by atoms with Crippen molar-refractivity contribution in [1.29, 1.82) is 0 Å². The highest BCUT2D eigenvalue weighted by Crippen LogP contribution is 2.43. The molecular formula is C19H29F3IN3O2. The molecule has 0 atom stereocenters. The van der Waals surface area contributed by atoms with E-state index in [-0.39, 0.29) is 35.1 Å². The lowest BCUT2D eigenvalue weighted by molar-refractivity contribution is -0.153. The summed E-state index contributed by atoms with van der Waals surface area (Å²) in [5.74, 6) is 0.831. The lowest BCUT2D eigenvalue weighted by atomic mass is 9.67. The Morgan fingerprint density at radius 2 is 1.93 bits per heavy atom. The molecule has 1 aromatic carbocycles. The number of nitrogens with zero attached hydrogens (tertiary/aromatic N) is 1. The van der Waals surface area contributed by atoms with E-state index in [1.165, 1.54) is 12.5 Å². The Kier molecular flexibility index (Phi) is 10.4. The van der Waals surface area contributed by atoms with Gasteiger partial charge in [0.2, 0.25) is 0 Å². The Labute approximate surface area is 181 Å².